The Hall–Kier alpha value is -0.980. The van der Waals surface area contributed by atoms with E-state index in [0.29, 0.717) is 6.54 Å². The van der Waals surface area contributed by atoms with Crippen molar-refractivity contribution >= 4 is 21.6 Å². The molecule has 1 fully saturated rings. The maximum absolute atomic E-state index is 10.8. The molecule has 104 valence electrons. The van der Waals surface area contributed by atoms with Crippen LogP contribution in [0.3, 0.4) is 0 Å². The van der Waals surface area contributed by atoms with Gasteiger partial charge in [-0.05, 0) is 36.3 Å². The molecule has 19 heavy (non-hydrogen) atoms. The van der Waals surface area contributed by atoms with Crippen LogP contribution in [0.5, 0.6) is 0 Å². The van der Waals surface area contributed by atoms with Crippen LogP contribution in [0.2, 0.25) is 0 Å². The Morgan fingerprint density at radius 3 is 2.74 bits per heavy atom. The van der Waals surface area contributed by atoms with Crippen molar-refractivity contribution < 1.29 is 10.0 Å². The van der Waals surface area contributed by atoms with E-state index < -0.39 is 0 Å². The number of aliphatic hydroxyl groups is 1. The summed E-state index contributed by atoms with van der Waals surface area (Å²) in [5, 5.41) is 23.1. The molecule has 0 spiro atoms. The maximum atomic E-state index is 10.8. The number of hydrogen-bond donors (Lipinski definition) is 2. The Morgan fingerprint density at radius 1 is 1.42 bits per heavy atom. The minimum absolute atomic E-state index is 0.0997. The predicted octanol–water partition coefficient (Wildman–Crippen LogP) is 2.61. The summed E-state index contributed by atoms with van der Waals surface area (Å²) in [6.07, 6.45) is 3.14. The van der Waals surface area contributed by atoms with Crippen molar-refractivity contribution in [3.8, 4) is 0 Å². The summed E-state index contributed by atoms with van der Waals surface area (Å²) in [6, 6.07) is 4.96. The van der Waals surface area contributed by atoms with E-state index in [1.54, 1.807) is 6.07 Å². The lowest BCUT2D eigenvalue weighted by Gasteiger charge is -2.14. The number of non-ortho nitro benzene ring substituents is 1. The molecule has 1 aromatic carbocycles. The van der Waals surface area contributed by atoms with Gasteiger partial charge in [-0.1, -0.05) is 15.9 Å². The average Bonchev–Trinajstić information content (AvgIpc) is 3.09. The molecule has 2 N–H and O–H groups in total. The van der Waals surface area contributed by atoms with Gasteiger partial charge in [0, 0.05) is 36.3 Å². The number of nitro benzene ring substituents is 1. The van der Waals surface area contributed by atoms with Gasteiger partial charge in [0.2, 0.25) is 0 Å². The number of rotatable bonds is 7. The quantitative estimate of drug-likeness (QED) is 0.596. The molecule has 1 aliphatic rings. The van der Waals surface area contributed by atoms with Crippen LogP contribution in [0.15, 0.2) is 22.7 Å². The molecule has 5 nitrogen and oxygen atoms in total. The highest BCUT2D eigenvalue weighted by Crippen LogP contribution is 2.47. The Bertz CT molecular complexity index is 475. The third kappa shape index (κ3) is 3.99. The molecule has 1 aromatic rings. The first-order valence-corrected chi connectivity index (χ1v) is 7.09. The lowest BCUT2D eigenvalue weighted by atomic mass is 10.0. The summed E-state index contributed by atoms with van der Waals surface area (Å²) in [5.41, 5.74) is 1.25. The van der Waals surface area contributed by atoms with Gasteiger partial charge in [0.15, 0.2) is 0 Å². The van der Waals surface area contributed by atoms with Crippen molar-refractivity contribution in [3.05, 3.63) is 38.3 Å². The summed E-state index contributed by atoms with van der Waals surface area (Å²) < 4.78 is 0.718. The van der Waals surface area contributed by atoms with Gasteiger partial charge >= 0.3 is 0 Å². The van der Waals surface area contributed by atoms with E-state index >= 15 is 0 Å². The van der Waals surface area contributed by atoms with Gasteiger partial charge < -0.3 is 10.4 Å². The molecule has 0 unspecified atom stereocenters. The minimum atomic E-state index is -0.387. The Balaban J connectivity index is 1.91. The Kier molecular flexibility index (Phi) is 4.54. The molecular formula is C13H17BrN2O3. The van der Waals surface area contributed by atoms with Gasteiger partial charge in [0.1, 0.15) is 0 Å². The van der Waals surface area contributed by atoms with Crippen molar-refractivity contribution in [1.82, 2.24) is 5.32 Å². The number of nitrogens with zero attached hydrogens (tertiary/aromatic N) is 1. The second kappa shape index (κ2) is 5.98. The second-order valence-corrected chi connectivity index (χ2v) is 6.07. The lowest BCUT2D eigenvalue weighted by molar-refractivity contribution is -0.385. The molecular weight excluding hydrogens is 312 g/mol. The van der Waals surface area contributed by atoms with Crippen LogP contribution in [0, 0.1) is 15.5 Å². The zero-order chi connectivity index (χ0) is 13.9. The van der Waals surface area contributed by atoms with Crippen molar-refractivity contribution in [2.45, 2.75) is 25.8 Å². The average molecular weight is 329 g/mol. The summed E-state index contributed by atoms with van der Waals surface area (Å²) in [5.74, 6) is 0. The van der Waals surface area contributed by atoms with E-state index in [-0.39, 0.29) is 22.6 Å². The van der Waals surface area contributed by atoms with Crippen molar-refractivity contribution in [2.75, 3.05) is 13.2 Å². The fourth-order valence-corrected chi connectivity index (χ4v) is 2.77. The molecule has 0 bridgehead atoms. The van der Waals surface area contributed by atoms with Gasteiger partial charge in [-0.3, -0.25) is 10.1 Å². The zero-order valence-electron chi connectivity index (χ0n) is 10.6. The third-order valence-corrected chi connectivity index (χ3v) is 4.04. The van der Waals surface area contributed by atoms with Crippen LogP contribution in [0.4, 0.5) is 5.69 Å². The van der Waals surface area contributed by atoms with E-state index in [1.807, 2.05) is 6.07 Å². The number of nitro groups is 1. The normalized spacial score (nSPS) is 16.3. The zero-order valence-corrected chi connectivity index (χ0v) is 12.1. The number of hydrogen-bond acceptors (Lipinski definition) is 4. The predicted molar refractivity (Wildman–Crippen MR) is 75.9 cm³/mol. The van der Waals surface area contributed by atoms with Gasteiger partial charge in [-0.15, -0.1) is 0 Å². The topological polar surface area (TPSA) is 75.4 Å². The molecule has 0 aromatic heterocycles. The minimum Gasteiger partial charge on any atom is -0.396 e. The number of benzene rings is 1. The molecule has 6 heteroatoms. The van der Waals surface area contributed by atoms with E-state index in [0.717, 1.165) is 35.8 Å². The first kappa shape index (κ1) is 14.4. The second-order valence-electron chi connectivity index (χ2n) is 5.15. The summed E-state index contributed by atoms with van der Waals surface area (Å²) >= 11 is 3.28. The van der Waals surface area contributed by atoms with E-state index in [9.17, 15) is 10.1 Å². The molecule has 0 aliphatic heterocycles. The third-order valence-electron chi connectivity index (χ3n) is 3.58. The number of nitrogens with one attached hydrogen (secondary N) is 1. The highest BCUT2D eigenvalue weighted by molar-refractivity contribution is 9.10. The van der Waals surface area contributed by atoms with Gasteiger partial charge in [-0.25, -0.2) is 0 Å². The van der Waals surface area contributed by atoms with Crippen molar-refractivity contribution in [2.24, 2.45) is 5.41 Å². The fourth-order valence-electron chi connectivity index (χ4n) is 2.24. The molecule has 0 saturated heterocycles. The molecule has 2 rings (SSSR count). The first-order valence-electron chi connectivity index (χ1n) is 6.30. The highest BCUT2D eigenvalue weighted by atomic mass is 79.9. The van der Waals surface area contributed by atoms with Crippen LogP contribution >= 0.6 is 15.9 Å². The summed E-state index contributed by atoms with van der Waals surface area (Å²) in [7, 11) is 0. The van der Waals surface area contributed by atoms with Crippen LogP contribution in [0.1, 0.15) is 24.8 Å². The van der Waals surface area contributed by atoms with Crippen molar-refractivity contribution in [1.29, 1.82) is 0 Å². The van der Waals surface area contributed by atoms with Crippen LogP contribution in [-0.2, 0) is 6.54 Å². The Morgan fingerprint density at radius 2 is 2.16 bits per heavy atom. The van der Waals surface area contributed by atoms with E-state index in [2.05, 4.69) is 21.2 Å². The van der Waals surface area contributed by atoms with Crippen molar-refractivity contribution in [3.63, 3.8) is 0 Å². The van der Waals surface area contributed by atoms with Crippen LogP contribution in [-0.4, -0.2) is 23.2 Å². The molecule has 0 atom stereocenters. The smallest absolute Gasteiger partial charge is 0.270 e. The van der Waals surface area contributed by atoms with Crippen LogP contribution < -0.4 is 5.32 Å². The maximum Gasteiger partial charge on any atom is 0.270 e. The highest BCUT2D eigenvalue weighted by Gasteiger charge is 2.41. The SMILES string of the molecule is O=[N+]([O-])c1cc(Br)cc(CNCC2(CCO)CC2)c1. The fraction of sp³-hybridized carbons (Fsp3) is 0.538. The molecule has 0 heterocycles. The summed E-state index contributed by atoms with van der Waals surface area (Å²) in [6.45, 7) is 1.69. The molecule has 0 amide bonds. The monoisotopic (exact) mass is 328 g/mol. The van der Waals surface area contributed by atoms with Gasteiger partial charge in [-0.2, -0.15) is 0 Å². The van der Waals surface area contributed by atoms with E-state index in [4.69, 9.17) is 5.11 Å². The molecule has 1 aliphatic carbocycles. The summed E-state index contributed by atoms with van der Waals surface area (Å²) in [4.78, 5) is 10.4. The largest absolute Gasteiger partial charge is 0.396 e. The molecule has 1 saturated carbocycles. The first-order chi connectivity index (χ1) is 9.04. The van der Waals surface area contributed by atoms with E-state index in [1.165, 1.54) is 6.07 Å². The van der Waals surface area contributed by atoms with Gasteiger partial charge in [0.25, 0.3) is 5.69 Å². The van der Waals surface area contributed by atoms with Gasteiger partial charge in [0.05, 0.1) is 4.92 Å². The Labute approximate surface area is 120 Å². The van der Waals surface area contributed by atoms with Crippen LogP contribution in [0.25, 0.3) is 0 Å². The lowest BCUT2D eigenvalue weighted by Crippen LogP contribution is -2.24. The number of aliphatic hydroxyl groups excluding tert-OH is 1. The standard InChI is InChI=1S/C13H17BrN2O3/c14-11-5-10(6-12(7-11)16(18)19)8-15-9-13(1-2-13)3-4-17/h5-7,15,17H,1-4,8-9H2. The molecule has 0 radical (unpaired) electrons. The number of halogens is 1.